The first-order chi connectivity index (χ1) is 15.5. The van der Waals surface area contributed by atoms with Gasteiger partial charge in [0.1, 0.15) is 5.75 Å². The lowest BCUT2D eigenvalue weighted by Crippen LogP contribution is -2.37. The van der Waals surface area contributed by atoms with Crippen LogP contribution in [-0.4, -0.2) is 47.1 Å². The zero-order chi connectivity index (χ0) is 22.5. The lowest BCUT2D eigenvalue weighted by atomic mass is 10.0. The van der Waals surface area contributed by atoms with E-state index in [4.69, 9.17) is 4.74 Å². The summed E-state index contributed by atoms with van der Waals surface area (Å²) in [5.41, 5.74) is 5.41. The molecule has 1 aromatic heterocycles. The molecule has 0 saturated heterocycles. The van der Waals surface area contributed by atoms with Crippen molar-refractivity contribution in [3.8, 4) is 5.75 Å². The summed E-state index contributed by atoms with van der Waals surface area (Å²) in [6.45, 7) is 3.55. The quantitative estimate of drug-likeness (QED) is 0.601. The predicted octanol–water partition coefficient (Wildman–Crippen LogP) is 2.83. The van der Waals surface area contributed by atoms with E-state index in [1.54, 1.807) is 7.11 Å². The number of hydrogen-bond acceptors (Lipinski definition) is 4. The predicted molar refractivity (Wildman–Crippen MR) is 122 cm³/mol. The van der Waals surface area contributed by atoms with Gasteiger partial charge in [0.2, 0.25) is 5.91 Å². The lowest BCUT2D eigenvalue weighted by Gasteiger charge is -2.27. The van der Waals surface area contributed by atoms with Crippen LogP contribution in [0.4, 0.5) is 0 Å². The molecule has 2 N–H and O–H groups in total. The maximum Gasteiger partial charge on any atom is 0.272 e. The summed E-state index contributed by atoms with van der Waals surface area (Å²) in [6, 6.07) is 15.8. The van der Waals surface area contributed by atoms with Crippen LogP contribution < -0.4 is 10.1 Å². The van der Waals surface area contributed by atoms with Crippen LogP contribution >= 0.6 is 0 Å². The van der Waals surface area contributed by atoms with Crippen molar-refractivity contribution >= 4 is 11.8 Å². The fourth-order valence-corrected chi connectivity index (χ4v) is 3.88. The third kappa shape index (κ3) is 4.99. The van der Waals surface area contributed by atoms with Crippen molar-refractivity contribution < 1.29 is 14.3 Å². The highest BCUT2D eigenvalue weighted by atomic mass is 16.5. The van der Waals surface area contributed by atoms with Crippen molar-refractivity contribution in [3.05, 3.63) is 82.2 Å². The van der Waals surface area contributed by atoms with Crippen LogP contribution in [-0.2, 0) is 30.6 Å². The molecule has 0 bridgehead atoms. The highest BCUT2D eigenvalue weighted by Crippen LogP contribution is 2.21. The van der Waals surface area contributed by atoms with Gasteiger partial charge < -0.3 is 15.0 Å². The summed E-state index contributed by atoms with van der Waals surface area (Å²) in [5.74, 6) is 0.651. The van der Waals surface area contributed by atoms with Crippen molar-refractivity contribution in [2.24, 2.45) is 0 Å². The number of ether oxygens (including phenoxy) is 1. The molecule has 2 heterocycles. The molecule has 7 heteroatoms. The third-order valence-corrected chi connectivity index (χ3v) is 5.84. The molecule has 166 valence electrons. The van der Waals surface area contributed by atoms with Crippen LogP contribution in [0.3, 0.4) is 0 Å². The van der Waals surface area contributed by atoms with E-state index in [2.05, 4.69) is 15.5 Å². The summed E-state index contributed by atoms with van der Waals surface area (Å²) >= 11 is 0. The van der Waals surface area contributed by atoms with E-state index in [1.807, 2.05) is 60.4 Å². The molecule has 0 atom stereocenters. The van der Waals surface area contributed by atoms with E-state index in [0.717, 1.165) is 28.1 Å². The molecule has 2 aromatic carbocycles. The Hall–Kier alpha value is -3.61. The molecule has 0 saturated carbocycles. The number of H-pyrrole nitrogens is 1. The number of aryl methyl sites for hydroxylation is 1. The number of rotatable bonds is 7. The van der Waals surface area contributed by atoms with E-state index in [-0.39, 0.29) is 11.8 Å². The molecular formula is C25H28N4O3. The zero-order valence-corrected chi connectivity index (χ0v) is 18.5. The molecule has 3 aromatic rings. The van der Waals surface area contributed by atoms with Gasteiger partial charge in [0.15, 0.2) is 5.69 Å². The molecule has 2 amide bonds. The molecule has 0 spiro atoms. The second-order valence-electron chi connectivity index (χ2n) is 8.11. The van der Waals surface area contributed by atoms with Gasteiger partial charge in [-0.15, -0.1) is 0 Å². The maximum absolute atomic E-state index is 12.8. The van der Waals surface area contributed by atoms with E-state index in [0.29, 0.717) is 44.6 Å². The second kappa shape index (κ2) is 9.68. The second-order valence-corrected chi connectivity index (χ2v) is 8.11. The minimum absolute atomic E-state index is 0.0616. The van der Waals surface area contributed by atoms with Crippen molar-refractivity contribution in [1.82, 2.24) is 20.4 Å². The Bertz CT molecular complexity index is 1090. The standard InChI is InChI=1S/C25H28N4O3/c1-17-3-5-19(6-4-17)15-23(30)29-14-12-22-21(16-29)24(28-27-22)25(31)26-13-11-18-7-9-20(32-2)10-8-18/h3-10H,11-16H2,1-2H3,(H,26,31)(H,27,28). The highest BCUT2D eigenvalue weighted by molar-refractivity contribution is 5.94. The number of aromatic amines is 1. The normalized spacial score (nSPS) is 12.9. The Morgan fingerprint density at radius 3 is 2.53 bits per heavy atom. The molecule has 0 fully saturated rings. The largest absolute Gasteiger partial charge is 0.497 e. The molecule has 0 unspecified atom stereocenters. The van der Waals surface area contributed by atoms with Gasteiger partial charge in [0, 0.05) is 37.3 Å². The Labute approximate surface area is 187 Å². The first-order valence-electron chi connectivity index (χ1n) is 10.8. The highest BCUT2D eigenvalue weighted by Gasteiger charge is 2.27. The van der Waals surface area contributed by atoms with Gasteiger partial charge in [-0.1, -0.05) is 42.0 Å². The van der Waals surface area contributed by atoms with Crippen molar-refractivity contribution in [2.45, 2.75) is 32.7 Å². The van der Waals surface area contributed by atoms with Crippen LogP contribution in [0.1, 0.15) is 38.4 Å². The Morgan fingerprint density at radius 2 is 1.81 bits per heavy atom. The fourth-order valence-electron chi connectivity index (χ4n) is 3.88. The number of nitrogens with one attached hydrogen (secondary N) is 2. The number of carbonyl (C=O) groups excluding carboxylic acids is 2. The average molecular weight is 433 g/mol. The molecule has 32 heavy (non-hydrogen) atoms. The van der Waals surface area contributed by atoms with Crippen LogP contribution in [0.5, 0.6) is 5.75 Å². The molecule has 0 radical (unpaired) electrons. The number of carbonyl (C=O) groups is 2. The van der Waals surface area contributed by atoms with Gasteiger partial charge in [-0.25, -0.2) is 0 Å². The van der Waals surface area contributed by atoms with Crippen LogP contribution in [0.25, 0.3) is 0 Å². The van der Waals surface area contributed by atoms with Gasteiger partial charge in [0.05, 0.1) is 13.5 Å². The van der Waals surface area contributed by atoms with Gasteiger partial charge in [-0.2, -0.15) is 5.10 Å². The molecule has 1 aliphatic rings. The van der Waals surface area contributed by atoms with E-state index in [1.165, 1.54) is 5.56 Å². The summed E-state index contributed by atoms with van der Waals surface area (Å²) in [7, 11) is 1.64. The Kier molecular flexibility index (Phi) is 6.54. The van der Waals surface area contributed by atoms with Crippen molar-refractivity contribution in [1.29, 1.82) is 0 Å². The molecule has 1 aliphatic heterocycles. The third-order valence-electron chi connectivity index (χ3n) is 5.84. The fraction of sp³-hybridized carbons (Fsp3) is 0.320. The Morgan fingerprint density at radius 1 is 1.09 bits per heavy atom. The first kappa shape index (κ1) is 21.6. The van der Waals surface area contributed by atoms with Crippen LogP contribution in [0.15, 0.2) is 48.5 Å². The first-order valence-corrected chi connectivity index (χ1v) is 10.8. The summed E-state index contributed by atoms with van der Waals surface area (Å²) in [6.07, 6.45) is 1.74. The Balaban J connectivity index is 1.35. The maximum atomic E-state index is 12.8. The monoisotopic (exact) mass is 432 g/mol. The average Bonchev–Trinajstić information content (AvgIpc) is 3.24. The molecule has 7 nitrogen and oxygen atoms in total. The van der Waals surface area contributed by atoms with Crippen LogP contribution in [0.2, 0.25) is 0 Å². The van der Waals surface area contributed by atoms with Crippen molar-refractivity contribution in [2.75, 3.05) is 20.2 Å². The number of fused-ring (bicyclic) bond motifs is 1. The molecule has 4 rings (SSSR count). The topological polar surface area (TPSA) is 87.3 Å². The van der Waals surface area contributed by atoms with Gasteiger partial charge in [-0.3, -0.25) is 14.7 Å². The van der Waals surface area contributed by atoms with Crippen LogP contribution in [0, 0.1) is 6.92 Å². The van der Waals surface area contributed by atoms with E-state index >= 15 is 0 Å². The van der Waals surface area contributed by atoms with Gasteiger partial charge in [-0.05, 0) is 36.6 Å². The number of amides is 2. The number of benzene rings is 2. The minimum atomic E-state index is -0.219. The SMILES string of the molecule is COc1ccc(CCNC(=O)c2n[nH]c3c2CN(C(=O)Cc2ccc(C)cc2)CC3)cc1. The van der Waals surface area contributed by atoms with Crippen molar-refractivity contribution in [3.63, 3.8) is 0 Å². The molecule has 0 aliphatic carbocycles. The summed E-state index contributed by atoms with van der Waals surface area (Å²) < 4.78 is 5.17. The molecular weight excluding hydrogens is 404 g/mol. The summed E-state index contributed by atoms with van der Waals surface area (Å²) in [4.78, 5) is 27.4. The minimum Gasteiger partial charge on any atom is -0.497 e. The van der Waals surface area contributed by atoms with Gasteiger partial charge in [0.25, 0.3) is 5.91 Å². The summed E-state index contributed by atoms with van der Waals surface area (Å²) in [5, 5.41) is 10.2. The number of hydrogen-bond donors (Lipinski definition) is 2. The zero-order valence-electron chi connectivity index (χ0n) is 18.5. The van der Waals surface area contributed by atoms with Gasteiger partial charge >= 0.3 is 0 Å². The van der Waals surface area contributed by atoms with E-state index < -0.39 is 0 Å². The number of aromatic nitrogens is 2. The number of nitrogens with zero attached hydrogens (tertiary/aromatic N) is 2. The smallest absolute Gasteiger partial charge is 0.272 e. The lowest BCUT2D eigenvalue weighted by molar-refractivity contribution is -0.131. The van der Waals surface area contributed by atoms with E-state index in [9.17, 15) is 9.59 Å². The number of methoxy groups -OCH3 is 1.